The number of nitrogens with zero attached hydrogens (tertiary/aromatic N) is 1. The molecule has 0 aliphatic heterocycles. The van der Waals surface area contributed by atoms with E-state index in [2.05, 4.69) is 10.3 Å². The number of hydrogen-bond donors (Lipinski definition) is 1. The first-order chi connectivity index (χ1) is 11.6. The molecule has 0 aliphatic rings. The van der Waals surface area contributed by atoms with Gasteiger partial charge >= 0.3 is 0 Å². The van der Waals surface area contributed by atoms with Crippen LogP contribution in [0.1, 0.15) is 16.3 Å². The highest BCUT2D eigenvalue weighted by atomic mass is 35.5. The second-order valence-electron chi connectivity index (χ2n) is 5.09. The first kappa shape index (κ1) is 16.5. The fourth-order valence-corrected chi connectivity index (χ4v) is 2.90. The van der Waals surface area contributed by atoms with Crippen LogP contribution in [0.15, 0.2) is 52.3 Å². The number of amides is 1. The fraction of sp³-hybridized carbons (Fsp3) is 0.111. The van der Waals surface area contributed by atoms with E-state index in [-0.39, 0.29) is 5.91 Å². The molecule has 24 heavy (non-hydrogen) atoms. The topological polar surface area (TPSA) is 55.1 Å². The lowest BCUT2D eigenvalue weighted by atomic mass is 10.2. The Morgan fingerprint density at radius 1 is 1.33 bits per heavy atom. The quantitative estimate of drug-likeness (QED) is 0.673. The maximum atomic E-state index is 11.9. The predicted molar refractivity (Wildman–Crippen MR) is 96.9 cm³/mol. The largest absolute Gasteiger partial charge is 0.458 e. The molecular formula is C18H15ClN2O2S. The number of halogens is 1. The van der Waals surface area contributed by atoms with Gasteiger partial charge in [0.15, 0.2) is 5.76 Å². The van der Waals surface area contributed by atoms with E-state index < -0.39 is 0 Å². The highest BCUT2D eigenvalue weighted by Gasteiger charge is 2.08. The number of carbonyl (C=O) groups is 1. The highest BCUT2D eigenvalue weighted by molar-refractivity contribution is 7.09. The number of thiazole rings is 1. The smallest absolute Gasteiger partial charge is 0.244 e. The molecule has 4 nitrogen and oxygen atoms in total. The summed E-state index contributed by atoms with van der Waals surface area (Å²) in [6, 6.07) is 11.0. The zero-order valence-electron chi connectivity index (χ0n) is 13.0. The molecule has 0 bridgehead atoms. The molecule has 0 fully saturated rings. The molecule has 2 aromatic heterocycles. The van der Waals surface area contributed by atoms with Crippen molar-refractivity contribution in [2.45, 2.75) is 13.5 Å². The molecule has 0 spiro atoms. The van der Waals surface area contributed by atoms with Crippen molar-refractivity contribution in [1.82, 2.24) is 10.3 Å². The average Bonchev–Trinajstić information content (AvgIpc) is 3.21. The lowest BCUT2D eigenvalue weighted by Crippen LogP contribution is -2.19. The third-order valence-electron chi connectivity index (χ3n) is 3.29. The van der Waals surface area contributed by atoms with Gasteiger partial charge in [0.1, 0.15) is 11.5 Å². The van der Waals surface area contributed by atoms with E-state index >= 15 is 0 Å². The number of benzene rings is 1. The Hall–Kier alpha value is -2.37. The minimum atomic E-state index is -0.211. The van der Waals surface area contributed by atoms with E-state index in [0.29, 0.717) is 23.1 Å². The number of rotatable bonds is 5. The van der Waals surface area contributed by atoms with Crippen LogP contribution in [0.2, 0.25) is 5.02 Å². The number of furan rings is 1. The minimum absolute atomic E-state index is 0.211. The molecule has 0 unspecified atom stereocenters. The van der Waals surface area contributed by atoms with Crippen LogP contribution in [0, 0.1) is 6.92 Å². The Morgan fingerprint density at radius 2 is 2.17 bits per heavy atom. The van der Waals surface area contributed by atoms with Crippen molar-refractivity contribution in [2.75, 3.05) is 0 Å². The molecule has 1 amide bonds. The van der Waals surface area contributed by atoms with E-state index in [1.54, 1.807) is 23.5 Å². The van der Waals surface area contributed by atoms with Crippen LogP contribution in [-0.2, 0) is 11.3 Å². The van der Waals surface area contributed by atoms with Gasteiger partial charge in [-0.3, -0.25) is 4.79 Å². The van der Waals surface area contributed by atoms with Gasteiger partial charge in [0.25, 0.3) is 0 Å². The van der Waals surface area contributed by atoms with Gasteiger partial charge in [0.2, 0.25) is 5.91 Å². The number of aromatic nitrogens is 1. The molecule has 122 valence electrons. The van der Waals surface area contributed by atoms with Crippen molar-refractivity contribution in [3.05, 3.63) is 69.2 Å². The van der Waals surface area contributed by atoms with E-state index in [4.69, 9.17) is 16.0 Å². The van der Waals surface area contributed by atoms with Crippen molar-refractivity contribution in [1.29, 1.82) is 0 Å². The molecule has 1 aromatic carbocycles. The zero-order valence-corrected chi connectivity index (χ0v) is 14.5. The van der Waals surface area contributed by atoms with Crippen molar-refractivity contribution in [3.8, 4) is 11.5 Å². The molecule has 3 aromatic rings. The van der Waals surface area contributed by atoms with Gasteiger partial charge in [0, 0.05) is 16.5 Å². The average molecular weight is 359 g/mol. The number of hydrogen-bond acceptors (Lipinski definition) is 4. The molecule has 2 heterocycles. The Kier molecular flexibility index (Phi) is 5.13. The summed E-state index contributed by atoms with van der Waals surface area (Å²) in [6.45, 7) is 2.26. The first-order valence-corrected chi connectivity index (χ1v) is 8.59. The third-order valence-corrected chi connectivity index (χ3v) is 4.41. The van der Waals surface area contributed by atoms with Gasteiger partial charge in [-0.2, -0.15) is 0 Å². The van der Waals surface area contributed by atoms with Gasteiger partial charge in [0.05, 0.1) is 11.6 Å². The molecular weight excluding hydrogens is 344 g/mol. The summed E-state index contributed by atoms with van der Waals surface area (Å²) in [4.78, 5) is 16.3. The zero-order chi connectivity index (χ0) is 16.9. The summed E-state index contributed by atoms with van der Waals surface area (Å²) >= 11 is 7.61. The number of nitrogens with one attached hydrogen (secondary N) is 1. The molecule has 0 saturated carbocycles. The van der Waals surface area contributed by atoms with Gasteiger partial charge < -0.3 is 9.73 Å². The molecule has 3 rings (SSSR count). The third kappa shape index (κ3) is 4.13. The monoisotopic (exact) mass is 358 g/mol. The van der Waals surface area contributed by atoms with Crippen LogP contribution in [0.5, 0.6) is 0 Å². The van der Waals surface area contributed by atoms with Crippen LogP contribution in [0.25, 0.3) is 17.5 Å². The molecule has 0 aliphatic carbocycles. The summed E-state index contributed by atoms with van der Waals surface area (Å²) < 4.78 is 5.70. The molecule has 0 saturated heterocycles. The lowest BCUT2D eigenvalue weighted by molar-refractivity contribution is -0.116. The van der Waals surface area contributed by atoms with Crippen LogP contribution in [0.3, 0.4) is 0 Å². The van der Waals surface area contributed by atoms with Gasteiger partial charge in [-0.25, -0.2) is 4.98 Å². The molecule has 6 heteroatoms. The van der Waals surface area contributed by atoms with Gasteiger partial charge in [-0.1, -0.05) is 29.8 Å². The van der Waals surface area contributed by atoms with E-state index in [0.717, 1.165) is 16.3 Å². The predicted octanol–water partition coefficient (Wildman–Crippen LogP) is 4.69. The van der Waals surface area contributed by atoms with Crippen molar-refractivity contribution < 1.29 is 9.21 Å². The molecule has 1 N–H and O–H groups in total. The van der Waals surface area contributed by atoms with Crippen LogP contribution >= 0.6 is 22.9 Å². The lowest BCUT2D eigenvalue weighted by Gasteiger charge is -2.00. The Balaban J connectivity index is 1.57. The summed E-state index contributed by atoms with van der Waals surface area (Å²) in [5, 5.41) is 6.32. The van der Waals surface area contributed by atoms with Crippen molar-refractivity contribution in [3.63, 3.8) is 0 Å². The van der Waals surface area contributed by atoms with E-state index in [1.165, 1.54) is 6.08 Å². The maximum Gasteiger partial charge on any atom is 0.244 e. The Morgan fingerprint density at radius 3 is 2.92 bits per heavy atom. The fourth-order valence-electron chi connectivity index (χ4n) is 2.10. The normalized spacial score (nSPS) is 11.1. The van der Waals surface area contributed by atoms with E-state index in [9.17, 15) is 4.79 Å². The van der Waals surface area contributed by atoms with Crippen LogP contribution < -0.4 is 5.32 Å². The maximum absolute atomic E-state index is 11.9. The van der Waals surface area contributed by atoms with Gasteiger partial charge in [-0.15, -0.1) is 11.3 Å². The second kappa shape index (κ2) is 7.47. The minimum Gasteiger partial charge on any atom is -0.458 e. The first-order valence-electron chi connectivity index (χ1n) is 7.33. The SMILES string of the molecule is Cc1nc(-c2ccc(CNC(=O)C=Cc3ccccc3Cl)o2)cs1. The summed E-state index contributed by atoms with van der Waals surface area (Å²) in [7, 11) is 0. The number of aryl methyl sites for hydroxylation is 1. The van der Waals surface area contributed by atoms with Crippen LogP contribution in [-0.4, -0.2) is 10.9 Å². The highest BCUT2D eigenvalue weighted by Crippen LogP contribution is 2.23. The Labute approximate surface area is 148 Å². The summed E-state index contributed by atoms with van der Waals surface area (Å²) in [5.41, 5.74) is 1.61. The molecule has 0 radical (unpaired) electrons. The van der Waals surface area contributed by atoms with E-state index in [1.807, 2.05) is 42.6 Å². The Bertz CT molecular complexity index is 883. The second-order valence-corrected chi connectivity index (χ2v) is 6.56. The standard InChI is InChI=1S/C18H15ClN2O2S/c1-12-21-16(11-24-12)17-8-7-14(23-17)10-20-18(22)9-6-13-4-2-3-5-15(13)19/h2-9,11H,10H2,1H3,(H,20,22). The van der Waals surface area contributed by atoms with Crippen LogP contribution in [0.4, 0.5) is 0 Å². The van der Waals surface area contributed by atoms with Crippen molar-refractivity contribution >= 4 is 34.9 Å². The summed E-state index contributed by atoms with van der Waals surface area (Å²) in [5.74, 6) is 1.17. The van der Waals surface area contributed by atoms with Gasteiger partial charge in [-0.05, 0) is 36.8 Å². The summed E-state index contributed by atoms with van der Waals surface area (Å²) in [6.07, 6.45) is 3.14. The molecule has 0 atom stereocenters. The van der Waals surface area contributed by atoms with Crippen molar-refractivity contribution in [2.24, 2.45) is 0 Å². The number of carbonyl (C=O) groups excluding carboxylic acids is 1.